The van der Waals surface area contributed by atoms with Crippen LogP contribution >= 0.6 is 0 Å². The number of aromatic nitrogens is 2. The normalized spacial score (nSPS) is 24.7. The molecule has 5 rings (SSSR count). The summed E-state index contributed by atoms with van der Waals surface area (Å²) in [5.74, 6) is 1.08. The summed E-state index contributed by atoms with van der Waals surface area (Å²) in [7, 11) is 1.45. The predicted octanol–water partition coefficient (Wildman–Crippen LogP) is 3.75. The van der Waals surface area contributed by atoms with Gasteiger partial charge in [-0.25, -0.2) is 9.78 Å². The van der Waals surface area contributed by atoms with Gasteiger partial charge in [0, 0.05) is 44.6 Å². The van der Waals surface area contributed by atoms with Crippen LogP contribution < -0.4 is 5.32 Å². The standard InChI is InChI=1S/C27H37N5O3/c1-18-28-25-11-13-30(27(34)35-3)17-26(25)32(18)23-15-21-9-10-22(16-23)31(21)14-12-24(29-19(2)33)20-7-5-4-6-8-20/h4-8,21-24H,9-17H2,1-3H3,(H,29,33)/t21?,22?,23?,24-/m0/s1. The van der Waals surface area contributed by atoms with Crippen molar-refractivity contribution in [1.29, 1.82) is 0 Å². The number of benzene rings is 1. The molecule has 2 bridgehead atoms. The van der Waals surface area contributed by atoms with Crippen LogP contribution in [0.4, 0.5) is 4.79 Å². The maximum atomic E-state index is 12.2. The predicted molar refractivity (Wildman–Crippen MR) is 133 cm³/mol. The first-order valence-corrected chi connectivity index (χ1v) is 12.9. The molecule has 188 valence electrons. The number of aryl methyl sites for hydroxylation is 1. The molecule has 0 aliphatic carbocycles. The molecule has 2 saturated heterocycles. The van der Waals surface area contributed by atoms with Crippen LogP contribution in [0.15, 0.2) is 30.3 Å². The second kappa shape index (κ2) is 10.0. The van der Waals surface area contributed by atoms with Gasteiger partial charge < -0.3 is 19.5 Å². The summed E-state index contributed by atoms with van der Waals surface area (Å²) >= 11 is 0. The van der Waals surface area contributed by atoms with E-state index in [4.69, 9.17) is 9.72 Å². The lowest BCUT2D eigenvalue weighted by molar-refractivity contribution is -0.119. The number of hydrogen-bond acceptors (Lipinski definition) is 5. The molecule has 3 aliphatic heterocycles. The molecule has 1 aromatic heterocycles. The van der Waals surface area contributed by atoms with Gasteiger partial charge >= 0.3 is 6.09 Å². The summed E-state index contributed by atoms with van der Waals surface area (Å²) in [6.07, 6.45) is 6.10. The zero-order chi connectivity index (χ0) is 24.5. The molecule has 0 saturated carbocycles. The number of carbonyl (C=O) groups is 2. The molecule has 35 heavy (non-hydrogen) atoms. The second-order valence-corrected chi connectivity index (χ2v) is 10.3. The van der Waals surface area contributed by atoms with Gasteiger partial charge in [-0.15, -0.1) is 0 Å². The Balaban J connectivity index is 1.28. The van der Waals surface area contributed by atoms with Crippen LogP contribution in [0.25, 0.3) is 0 Å². The summed E-state index contributed by atoms with van der Waals surface area (Å²) in [5.41, 5.74) is 3.49. The molecule has 1 N–H and O–H groups in total. The summed E-state index contributed by atoms with van der Waals surface area (Å²) in [4.78, 5) is 33.4. The second-order valence-electron chi connectivity index (χ2n) is 10.3. The van der Waals surface area contributed by atoms with Gasteiger partial charge in [0.15, 0.2) is 0 Å². The molecule has 2 aromatic rings. The van der Waals surface area contributed by atoms with E-state index in [2.05, 4.69) is 33.8 Å². The molecule has 1 aromatic carbocycles. The lowest BCUT2D eigenvalue weighted by Crippen LogP contribution is -2.45. The Labute approximate surface area is 207 Å². The number of rotatable bonds is 6. The molecular weight excluding hydrogens is 442 g/mol. The van der Waals surface area contributed by atoms with Crippen molar-refractivity contribution in [3.8, 4) is 0 Å². The first-order chi connectivity index (χ1) is 16.9. The molecule has 8 nitrogen and oxygen atoms in total. The molecule has 0 radical (unpaired) electrons. The van der Waals surface area contributed by atoms with Crippen LogP contribution in [0.2, 0.25) is 0 Å². The lowest BCUT2D eigenvalue weighted by Gasteiger charge is -2.41. The first kappa shape index (κ1) is 23.9. The molecule has 4 heterocycles. The first-order valence-electron chi connectivity index (χ1n) is 12.9. The summed E-state index contributed by atoms with van der Waals surface area (Å²) in [6.45, 7) is 5.93. The fraction of sp³-hybridized carbons (Fsp3) is 0.593. The van der Waals surface area contributed by atoms with Crippen molar-refractivity contribution >= 4 is 12.0 Å². The average molecular weight is 480 g/mol. The number of amides is 2. The van der Waals surface area contributed by atoms with E-state index in [1.807, 2.05) is 18.2 Å². The van der Waals surface area contributed by atoms with Crippen molar-refractivity contribution < 1.29 is 14.3 Å². The van der Waals surface area contributed by atoms with Crippen LogP contribution in [-0.2, 0) is 22.5 Å². The highest BCUT2D eigenvalue weighted by molar-refractivity contribution is 5.73. The summed E-state index contributed by atoms with van der Waals surface area (Å²) in [5, 5.41) is 3.16. The Bertz CT molecular complexity index is 1050. The lowest BCUT2D eigenvalue weighted by atomic mass is 9.95. The fourth-order valence-electron chi connectivity index (χ4n) is 6.64. The number of nitrogens with one attached hydrogen (secondary N) is 1. The number of ether oxygens (including phenoxy) is 1. The third-order valence-corrected chi connectivity index (χ3v) is 8.14. The zero-order valence-corrected chi connectivity index (χ0v) is 21.1. The van der Waals surface area contributed by atoms with Gasteiger partial charge in [-0.3, -0.25) is 9.69 Å². The smallest absolute Gasteiger partial charge is 0.409 e. The monoisotopic (exact) mass is 479 g/mol. The van der Waals surface area contributed by atoms with Gasteiger partial charge in [0.1, 0.15) is 5.82 Å². The van der Waals surface area contributed by atoms with Crippen LogP contribution in [0.5, 0.6) is 0 Å². The molecule has 2 unspecified atom stereocenters. The van der Waals surface area contributed by atoms with Gasteiger partial charge in [-0.05, 0) is 44.6 Å². The Morgan fingerprint density at radius 1 is 1.14 bits per heavy atom. The van der Waals surface area contributed by atoms with Gasteiger partial charge in [0.2, 0.25) is 5.91 Å². The third kappa shape index (κ3) is 4.81. The quantitative estimate of drug-likeness (QED) is 0.683. The highest BCUT2D eigenvalue weighted by Gasteiger charge is 2.42. The molecule has 3 aliphatic rings. The zero-order valence-electron chi connectivity index (χ0n) is 21.1. The largest absolute Gasteiger partial charge is 0.453 e. The third-order valence-electron chi connectivity index (χ3n) is 8.14. The van der Waals surface area contributed by atoms with Crippen molar-refractivity contribution in [3.63, 3.8) is 0 Å². The fourth-order valence-corrected chi connectivity index (χ4v) is 6.64. The number of imidazole rings is 1. The van der Waals surface area contributed by atoms with E-state index in [1.165, 1.54) is 31.2 Å². The van der Waals surface area contributed by atoms with E-state index < -0.39 is 0 Å². The highest BCUT2D eigenvalue weighted by Crippen LogP contribution is 2.43. The Morgan fingerprint density at radius 3 is 2.51 bits per heavy atom. The van der Waals surface area contributed by atoms with E-state index in [0.717, 1.165) is 43.7 Å². The van der Waals surface area contributed by atoms with Crippen molar-refractivity contribution in [2.24, 2.45) is 0 Å². The Morgan fingerprint density at radius 2 is 1.86 bits per heavy atom. The van der Waals surface area contributed by atoms with E-state index >= 15 is 0 Å². The average Bonchev–Trinajstić information content (AvgIpc) is 3.31. The van der Waals surface area contributed by atoms with Gasteiger partial charge in [-0.2, -0.15) is 0 Å². The van der Waals surface area contributed by atoms with E-state index in [0.29, 0.717) is 31.2 Å². The van der Waals surface area contributed by atoms with Gasteiger partial charge in [-0.1, -0.05) is 30.3 Å². The molecule has 8 heteroatoms. The number of carbonyl (C=O) groups excluding carboxylic acids is 2. The molecule has 2 fully saturated rings. The van der Waals surface area contributed by atoms with Crippen molar-refractivity contribution in [2.75, 3.05) is 20.2 Å². The summed E-state index contributed by atoms with van der Waals surface area (Å²) in [6, 6.07) is 11.8. The number of hydrogen-bond donors (Lipinski definition) is 1. The van der Waals surface area contributed by atoms with E-state index in [-0.39, 0.29) is 18.0 Å². The Hall–Kier alpha value is -2.87. The van der Waals surface area contributed by atoms with Crippen LogP contribution in [-0.4, -0.2) is 63.6 Å². The minimum absolute atomic E-state index is 0.0156. The Kier molecular flexibility index (Phi) is 6.82. The van der Waals surface area contributed by atoms with Gasteiger partial charge in [0.25, 0.3) is 0 Å². The molecule has 0 spiro atoms. The van der Waals surface area contributed by atoms with Crippen LogP contribution in [0.1, 0.15) is 73.9 Å². The highest BCUT2D eigenvalue weighted by atomic mass is 16.5. The molecular formula is C27H37N5O3. The van der Waals surface area contributed by atoms with E-state index in [9.17, 15) is 9.59 Å². The number of methoxy groups -OCH3 is 1. The number of fused-ring (bicyclic) bond motifs is 3. The van der Waals surface area contributed by atoms with Crippen molar-refractivity contribution in [1.82, 2.24) is 24.7 Å². The molecule has 3 atom stereocenters. The number of piperidine rings is 1. The summed E-state index contributed by atoms with van der Waals surface area (Å²) < 4.78 is 7.41. The van der Waals surface area contributed by atoms with Crippen molar-refractivity contribution in [3.05, 3.63) is 53.1 Å². The number of nitrogens with zero attached hydrogens (tertiary/aromatic N) is 4. The minimum Gasteiger partial charge on any atom is -0.453 e. The SMILES string of the molecule is COC(=O)N1CCc2nc(C)n(C3CC4CCC(C3)N4CC[C@H](NC(C)=O)c3ccccc3)c2C1. The molecule has 2 amide bonds. The maximum absolute atomic E-state index is 12.2. The van der Waals surface area contributed by atoms with Gasteiger partial charge in [0.05, 0.1) is 31.1 Å². The van der Waals surface area contributed by atoms with E-state index in [1.54, 1.807) is 11.8 Å². The topological polar surface area (TPSA) is 79.7 Å². The minimum atomic E-state index is -0.261. The van der Waals surface area contributed by atoms with Crippen LogP contribution in [0.3, 0.4) is 0 Å². The van der Waals surface area contributed by atoms with Crippen LogP contribution in [0, 0.1) is 6.92 Å². The maximum Gasteiger partial charge on any atom is 0.409 e. The van der Waals surface area contributed by atoms with Crippen molar-refractivity contribution in [2.45, 2.75) is 83.1 Å².